The van der Waals surface area contributed by atoms with Gasteiger partial charge in [-0.25, -0.2) is 4.98 Å². The Morgan fingerprint density at radius 1 is 1.22 bits per heavy atom. The number of aryl methyl sites for hydroxylation is 3. The maximum atomic E-state index is 4.57. The minimum Gasteiger partial charge on any atom is -0.340 e. The van der Waals surface area contributed by atoms with Gasteiger partial charge in [0.15, 0.2) is 0 Å². The van der Waals surface area contributed by atoms with Gasteiger partial charge < -0.3 is 10.3 Å². The molecule has 2 aromatic rings. The lowest BCUT2D eigenvalue weighted by molar-refractivity contribution is 0.793. The van der Waals surface area contributed by atoms with Gasteiger partial charge in [0.1, 0.15) is 10.4 Å². The van der Waals surface area contributed by atoms with E-state index in [0.717, 1.165) is 22.7 Å². The fraction of sp³-hybridized carbons (Fsp3) is 0.357. The molecule has 0 aliphatic rings. The quantitative estimate of drug-likeness (QED) is 0.911. The molecule has 0 saturated carbocycles. The molecule has 96 valence electrons. The fourth-order valence-corrected chi connectivity index (χ4v) is 2.77. The van der Waals surface area contributed by atoms with Crippen molar-refractivity contribution in [2.75, 3.05) is 7.05 Å². The molecule has 4 heteroatoms. The average Bonchev–Trinajstić information content (AvgIpc) is 2.59. The van der Waals surface area contributed by atoms with Gasteiger partial charge in [0.2, 0.25) is 0 Å². The molecule has 0 aliphatic heterocycles. The van der Waals surface area contributed by atoms with Gasteiger partial charge in [-0.05, 0) is 54.9 Å². The first-order chi connectivity index (χ1) is 8.52. The molecule has 0 aliphatic carbocycles. The van der Waals surface area contributed by atoms with Crippen molar-refractivity contribution in [3.8, 4) is 11.4 Å². The molecule has 0 saturated heterocycles. The van der Waals surface area contributed by atoms with E-state index >= 15 is 0 Å². The highest BCUT2D eigenvalue weighted by Gasteiger charge is 2.13. The van der Waals surface area contributed by atoms with E-state index in [-0.39, 0.29) is 0 Å². The number of hydrogen-bond donors (Lipinski definition) is 2. The third-order valence-corrected chi connectivity index (χ3v) is 3.65. The van der Waals surface area contributed by atoms with Gasteiger partial charge >= 0.3 is 0 Å². The first kappa shape index (κ1) is 13.3. The highest BCUT2D eigenvalue weighted by Crippen LogP contribution is 2.28. The summed E-state index contributed by atoms with van der Waals surface area (Å²) in [5, 5.41) is 3.13. The summed E-state index contributed by atoms with van der Waals surface area (Å²) >= 11 is 3.50. The minimum absolute atomic E-state index is 0.775. The van der Waals surface area contributed by atoms with Crippen LogP contribution in [0.2, 0.25) is 0 Å². The van der Waals surface area contributed by atoms with E-state index < -0.39 is 0 Å². The number of halogens is 1. The van der Waals surface area contributed by atoms with Crippen LogP contribution in [0.5, 0.6) is 0 Å². The Balaban J connectivity index is 2.52. The highest BCUT2D eigenvalue weighted by molar-refractivity contribution is 9.10. The number of nitrogens with one attached hydrogen (secondary N) is 2. The second-order valence-corrected chi connectivity index (χ2v) is 5.41. The van der Waals surface area contributed by atoms with Crippen molar-refractivity contribution in [1.29, 1.82) is 0 Å². The van der Waals surface area contributed by atoms with Crippen LogP contribution < -0.4 is 5.32 Å². The van der Waals surface area contributed by atoms with E-state index in [4.69, 9.17) is 0 Å². The maximum absolute atomic E-state index is 4.57. The zero-order valence-corrected chi connectivity index (χ0v) is 12.8. The van der Waals surface area contributed by atoms with E-state index in [1.165, 1.54) is 22.3 Å². The lowest BCUT2D eigenvalue weighted by Gasteiger charge is -2.08. The van der Waals surface area contributed by atoms with Crippen molar-refractivity contribution >= 4 is 15.9 Å². The molecule has 0 bridgehead atoms. The Morgan fingerprint density at radius 3 is 2.39 bits per heavy atom. The number of imidazole rings is 1. The van der Waals surface area contributed by atoms with Crippen LogP contribution in [-0.2, 0) is 6.54 Å². The summed E-state index contributed by atoms with van der Waals surface area (Å²) < 4.78 is 0.881. The third-order valence-electron chi connectivity index (χ3n) is 3.00. The second-order valence-electron chi connectivity index (χ2n) is 4.66. The number of rotatable bonds is 3. The normalized spacial score (nSPS) is 10.9. The van der Waals surface area contributed by atoms with E-state index in [9.17, 15) is 0 Å². The molecular formula is C14H18BrN3. The largest absolute Gasteiger partial charge is 0.340 e. The van der Waals surface area contributed by atoms with Gasteiger partial charge in [0.25, 0.3) is 0 Å². The summed E-state index contributed by atoms with van der Waals surface area (Å²) in [6.45, 7) is 7.15. The Labute approximate surface area is 116 Å². The highest BCUT2D eigenvalue weighted by atomic mass is 79.9. The van der Waals surface area contributed by atoms with Crippen molar-refractivity contribution in [2.45, 2.75) is 27.3 Å². The number of H-pyrrole nitrogens is 1. The first-order valence-corrected chi connectivity index (χ1v) is 6.79. The van der Waals surface area contributed by atoms with E-state index in [1.807, 2.05) is 7.05 Å². The summed E-state index contributed by atoms with van der Waals surface area (Å²) in [4.78, 5) is 7.95. The summed E-state index contributed by atoms with van der Waals surface area (Å²) in [5.41, 5.74) is 6.07. The lowest BCUT2D eigenvalue weighted by Crippen LogP contribution is -2.05. The zero-order valence-electron chi connectivity index (χ0n) is 11.2. The summed E-state index contributed by atoms with van der Waals surface area (Å²) in [6.07, 6.45) is 0. The van der Waals surface area contributed by atoms with Gasteiger partial charge in [-0.3, -0.25) is 0 Å². The van der Waals surface area contributed by atoms with Gasteiger partial charge in [-0.2, -0.15) is 0 Å². The Bertz CT molecular complexity index is 549. The average molecular weight is 308 g/mol. The molecular weight excluding hydrogens is 290 g/mol. The monoisotopic (exact) mass is 307 g/mol. The Morgan fingerprint density at radius 2 is 1.83 bits per heavy atom. The molecule has 2 N–H and O–H groups in total. The number of aromatic amines is 1. The summed E-state index contributed by atoms with van der Waals surface area (Å²) in [7, 11) is 1.93. The van der Waals surface area contributed by atoms with E-state index in [0.29, 0.717) is 0 Å². The molecule has 18 heavy (non-hydrogen) atoms. The van der Waals surface area contributed by atoms with Crippen LogP contribution in [0.15, 0.2) is 16.7 Å². The number of nitrogens with zero attached hydrogens (tertiary/aromatic N) is 1. The van der Waals surface area contributed by atoms with Crippen LogP contribution in [0.1, 0.15) is 22.4 Å². The third kappa shape index (κ3) is 2.49. The molecule has 0 atom stereocenters. The molecule has 0 spiro atoms. The molecule has 1 heterocycles. The number of hydrogen-bond acceptors (Lipinski definition) is 2. The summed E-state index contributed by atoms with van der Waals surface area (Å²) in [6, 6.07) is 4.38. The van der Waals surface area contributed by atoms with Crippen molar-refractivity contribution < 1.29 is 0 Å². The lowest BCUT2D eigenvalue weighted by atomic mass is 9.99. The fourth-order valence-electron chi connectivity index (χ4n) is 2.35. The summed E-state index contributed by atoms with van der Waals surface area (Å²) in [5.74, 6) is 0.933. The van der Waals surface area contributed by atoms with Crippen LogP contribution in [0.4, 0.5) is 0 Å². The van der Waals surface area contributed by atoms with Crippen LogP contribution >= 0.6 is 15.9 Å². The van der Waals surface area contributed by atoms with Gasteiger partial charge in [0.05, 0.1) is 5.69 Å². The topological polar surface area (TPSA) is 40.7 Å². The zero-order chi connectivity index (χ0) is 13.3. The first-order valence-electron chi connectivity index (χ1n) is 6.00. The number of aromatic nitrogens is 2. The van der Waals surface area contributed by atoms with Crippen molar-refractivity contribution in [3.05, 3.63) is 39.1 Å². The molecule has 0 unspecified atom stereocenters. The molecule has 0 radical (unpaired) electrons. The maximum Gasteiger partial charge on any atom is 0.139 e. The van der Waals surface area contributed by atoms with Crippen LogP contribution in [-0.4, -0.2) is 17.0 Å². The minimum atomic E-state index is 0.775. The van der Waals surface area contributed by atoms with E-state index in [2.05, 4.69) is 64.1 Å². The SMILES string of the molecule is CNCc1[nH]c(-c2c(C)cc(C)cc2C)nc1Br. The van der Waals surface area contributed by atoms with Crippen molar-refractivity contribution in [3.63, 3.8) is 0 Å². The van der Waals surface area contributed by atoms with Gasteiger partial charge in [0, 0.05) is 12.1 Å². The predicted molar refractivity (Wildman–Crippen MR) is 78.7 cm³/mol. The predicted octanol–water partition coefficient (Wildman–Crippen LogP) is 3.48. The van der Waals surface area contributed by atoms with Crippen LogP contribution in [0.25, 0.3) is 11.4 Å². The van der Waals surface area contributed by atoms with E-state index in [1.54, 1.807) is 0 Å². The Hall–Kier alpha value is -1.13. The molecule has 2 rings (SSSR count). The number of benzene rings is 1. The second kappa shape index (κ2) is 5.24. The van der Waals surface area contributed by atoms with Gasteiger partial charge in [-0.15, -0.1) is 0 Å². The van der Waals surface area contributed by atoms with Gasteiger partial charge in [-0.1, -0.05) is 17.7 Å². The van der Waals surface area contributed by atoms with Crippen LogP contribution in [0, 0.1) is 20.8 Å². The molecule has 3 nitrogen and oxygen atoms in total. The molecule has 1 aromatic carbocycles. The van der Waals surface area contributed by atoms with Crippen molar-refractivity contribution in [1.82, 2.24) is 15.3 Å². The molecule has 0 fully saturated rings. The molecule has 0 amide bonds. The standard InChI is InChI=1S/C14H18BrN3/c1-8-5-9(2)12(10(3)6-8)14-17-11(7-16-4)13(15)18-14/h5-6,16H,7H2,1-4H3,(H,17,18). The van der Waals surface area contributed by atoms with Crippen molar-refractivity contribution in [2.24, 2.45) is 0 Å². The Kier molecular flexibility index (Phi) is 3.88. The molecule has 1 aromatic heterocycles. The van der Waals surface area contributed by atoms with Crippen LogP contribution in [0.3, 0.4) is 0 Å². The smallest absolute Gasteiger partial charge is 0.139 e.